The van der Waals surface area contributed by atoms with Crippen molar-refractivity contribution in [3.05, 3.63) is 95.1 Å². The lowest BCUT2D eigenvalue weighted by Crippen LogP contribution is -2.72. The number of nitrogens with one attached hydrogen (secondary N) is 7. The largest absolute Gasteiger partial charge is 0.465 e. The lowest BCUT2D eigenvalue weighted by Gasteiger charge is -2.46. The lowest BCUT2D eigenvalue weighted by atomic mass is 9.87. The standard InChI is InChI=1S/C87H120FN11O34S2/c1-47(2)66(79(116)94-53(15-11-27-92-85(89)121)78(115)93-52-22-18-48(19-23-52)44-129-86(122)96-67-70(110)77(88)87(123,84(120)124-3)133-76(67)68(108)55(101)43-100)95-62(104)17-5-4-10-30-97-64(106)40-58(80(97)117)135-46-57-75(72(112)73(113)82(119)130-57)132-83-74(114)71(111)69(109)56(131-83)45-134-59-41-65(107)98(81(59)118)31-26-61(103)91-29-33-126-35-37-128-39-38-127-36-34-125-32-28-90-60(102)24-25-63(105)99-42-51-14-7-6-12-49(51)20-21-50-13-8-9-16-54(50)99/h6-9,12-14,16,18-19,22-23,47,53,55-59,66-77,82-83,100-101,108-114,119,123H,4-5,10-11,15,17,24-46H2,1-3H3,(H,90,102)(H,91,103)(H,93,115)(H,94,116)(H,95,104)(H,96,122)(H3,89,92,121)/t53?,55-,56-,57-,58?,59?,66?,67-,68-,69-,70-,71+,72-,73-,74-,75-,76-,77-,82-,83+,87?/m1/s1. The highest BCUT2D eigenvalue weighted by molar-refractivity contribution is 8.01. The van der Waals surface area contributed by atoms with Crippen LogP contribution in [-0.2, 0) is 113 Å². The van der Waals surface area contributed by atoms with Crippen molar-refractivity contribution >= 4 is 112 Å². The molecule has 5 fully saturated rings. The number of nitrogens with two attached hydrogens (primary N) is 1. The second-order valence-electron chi connectivity index (χ2n) is 32.7. The molecule has 13 amide bonds. The van der Waals surface area contributed by atoms with Gasteiger partial charge in [-0.15, -0.1) is 23.5 Å². The summed E-state index contributed by atoms with van der Waals surface area (Å²) in [5, 5.41) is 133. The highest BCUT2D eigenvalue weighted by Crippen LogP contribution is 2.38. The van der Waals surface area contributed by atoms with Crippen LogP contribution < -0.4 is 47.9 Å². The van der Waals surface area contributed by atoms with Crippen molar-refractivity contribution in [1.82, 2.24) is 41.7 Å². The number of benzene rings is 3. The van der Waals surface area contributed by atoms with Crippen LogP contribution in [-0.4, -0.2) is 380 Å². The molecule has 5 saturated heterocycles. The van der Waals surface area contributed by atoms with Gasteiger partial charge in [-0.25, -0.2) is 18.8 Å². The molecule has 48 heteroatoms. The Labute approximate surface area is 784 Å². The van der Waals surface area contributed by atoms with Crippen LogP contribution in [0.25, 0.3) is 0 Å². The number of halogens is 1. The molecule has 3 aromatic carbocycles. The number of methoxy groups -OCH3 is 1. The van der Waals surface area contributed by atoms with Crippen molar-refractivity contribution in [3.8, 4) is 11.8 Å². The monoisotopic (exact) mass is 1950 g/mol. The Balaban J connectivity index is 0.624. The summed E-state index contributed by atoms with van der Waals surface area (Å²) >= 11 is 1.77. The number of rotatable bonds is 52. The minimum Gasteiger partial charge on any atom is -0.465 e. The number of nitrogens with zero attached hydrogens (tertiary/aromatic N) is 3. The molecule has 45 nitrogen and oxygen atoms in total. The summed E-state index contributed by atoms with van der Waals surface area (Å²) in [6, 6.07) is 15.3. The lowest BCUT2D eigenvalue weighted by molar-refractivity contribution is -0.346. The zero-order chi connectivity index (χ0) is 98.2. The summed E-state index contributed by atoms with van der Waals surface area (Å²) in [6.07, 6.45) is -31.3. The van der Waals surface area contributed by atoms with E-state index >= 15 is 4.39 Å². The number of thioether (sulfide) groups is 2. The van der Waals surface area contributed by atoms with Crippen molar-refractivity contribution in [2.75, 3.05) is 121 Å². The van der Waals surface area contributed by atoms with Gasteiger partial charge in [0.25, 0.3) is 0 Å². The van der Waals surface area contributed by atoms with Crippen LogP contribution in [0.2, 0.25) is 0 Å². The average Bonchev–Trinajstić information content (AvgIpc) is 1.70. The quantitative estimate of drug-likeness (QED) is 0.0109. The number of carbonyl (C=O) groups excluding carboxylic acids is 13. The highest BCUT2D eigenvalue weighted by atomic mass is 32.2. The van der Waals surface area contributed by atoms with Gasteiger partial charge in [-0.2, -0.15) is 0 Å². The molecule has 6 heterocycles. The minimum absolute atomic E-state index is 0.00309. The van der Waals surface area contributed by atoms with Gasteiger partial charge < -0.3 is 151 Å². The number of likely N-dealkylation sites (tertiary alicyclic amines) is 2. The Morgan fingerprint density at radius 3 is 1.84 bits per heavy atom. The van der Waals surface area contributed by atoms with Crippen molar-refractivity contribution in [2.45, 2.75) is 224 Å². The van der Waals surface area contributed by atoms with E-state index in [4.69, 9.17) is 48.4 Å². The Hall–Kier alpha value is -9.80. The number of primary amides is 1. The Morgan fingerprint density at radius 2 is 1.21 bits per heavy atom. The molecule has 9 rings (SSSR count). The number of hydrogen-bond donors (Lipinski definition) is 19. The van der Waals surface area contributed by atoms with Gasteiger partial charge in [-0.1, -0.05) is 74.6 Å². The number of fused-ring (bicyclic) bond motifs is 2. The number of anilines is 2. The van der Waals surface area contributed by atoms with Crippen LogP contribution in [0.1, 0.15) is 107 Å². The molecule has 21 atom stereocenters. The van der Waals surface area contributed by atoms with Gasteiger partial charge in [0.1, 0.15) is 79.7 Å². The Bertz CT molecular complexity index is 4570. The molecule has 0 aliphatic carbocycles. The third kappa shape index (κ3) is 31.4. The van der Waals surface area contributed by atoms with E-state index in [9.17, 15) is 119 Å². The molecule has 6 aliphatic heterocycles. The third-order valence-corrected chi connectivity index (χ3v) is 25.2. The molecule has 0 bridgehead atoms. The number of amides is 13. The van der Waals surface area contributed by atoms with E-state index in [1.165, 1.54) is 24.3 Å². The minimum atomic E-state index is -3.51. The fourth-order valence-corrected chi connectivity index (χ4v) is 17.5. The highest BCUT2D eigenvalue weighted by Gasteiger charge is 2.62. The smallest absolute Gasteiger partial charge is 0.407 e. The fraction of sp³-hybridized carbons (Fsp3) is 0.621. The number of alkyl carbamates (subject to hydrolysis) is 1. The van der Waals surface area contributed by atoms with Gasteiger partial charge in [0.2, 0.25) is 59.1 Å². The van der Waals surface area contributed by atoms with E-state index in [1.54, 1.807) is 18.7 Å². The molecule has 3 aromatic rings. The topological polar surface area (TPSA) is 657 Å². The van der Waals surface area contributed by atoms with Crippen LogP contribution in [0.4, 0.5) is 25.4 Å². The van der Waals surface area contributed by atoms with E-state index in [0.29, 0.717) is 18.7 Å². The number of hydrogen-bond acceptors (Lipinski definition) is 36. The van der Waals surface area contributed by atoms with Crippen molar-refractivity contribution in [1.29, 1.82) is 0 Å². The first-order chi connectivity index (χ1) is 64.5. The summed E-state index contributed by atoms with van der Waals surface area (Å²) in [4.78, 5) is 174. The molecule has 0 aromatic heterocycles. The number of ether oxygens (including phenoxy) is 10. The van der Waals surface area contributed by atoms with E-state index in [0.717, 1.165) is 57.1 Å². The Morgan fingerprint density at radius 1 is 0.622 bits per heavy atom. The predicted octanol–water partition coefficient (Wildman–Crippen LogP) is -4.70. The average molecular weight is 1950 g/mol. The summed E-state index contributed by atoms with van der Waals surface area (Å²) in [7, 11) is 0.756. The zero-order valence-electron chi connectivity index (χ0n) is 74.5. The summed E-state index contributed by atoms with van der Waals surface area (Å²) in [5.41, 5.74) is 8.86. The summed E-state index contributed by atoms with van der Waals surface area (Å²) < 4.78 is 69.5. The van der Waals surface area contributed by atoms with E-state index in [2.05, 4.69) is 53.8 Å². The number of urea groups is 1. The van der Waals surface area contributed by atoms with E-state index < -0.39 is 211 Å². The number of esters is 1. The van der Waals surface area contributed by atoms with Crippen molar-refractivity contribution in [2.24, 2.45) is 11.7 Å². The second-order valence-corrected chi connectivity index (χ2v) is 35.2. The summed E-state index contributed by atoms with van der Waals surface area (Å²) in [6.45, 7) is 3.97. The first kappa shape index (κ1) is 109. The molecule has 0 radical (unpaired) electrons. The third-order valence-electron chi connectivity index (χ3n) is 22.6. The van der Waals surface area contributed by atoms with Gasteiger partial charge in [-0.3, -0.25) is 57.7 Å². The molecule has 135 heavy (non-hydrogen) atoms. The van der Waals surface area contributed by atoms with Crippen molar-refractivity contribution in [3.63, 3.8) is 0 Å². The maximum Gasteiger partial charge on any atom is 0.407 e. The molecule has 20 N–H and O–H groups in total. The van der Waals surface area contributed by atoms with Crippen LogP contribution in [0, 0.1) is 17.8 Å². The number of aliphatic hydroxyl groups excluding tert-OH is 10. The van der Waals surface area contributed by atoms with Gasteiger partial charge in [0, 0.05) is 99.6 Å². The molecule has 0 spiro atoms. The maximum absolute atomic E-state index is 15.3. The number of alkyl halides is 1. The van der Waals surface area contributed by atoms with Gasteiger partial charge >= 0.3 is 23.9 Å². The maximum atomic E-state index is 15.3. The van der Waals surface area contributed by atoms with Crippen LogP contribution in [0.15, 0.2) is 72.8 Å². The number of carbonyl (C=O) groups is 13. The van der Waals surface area contributed by atoms with Crippen LogP contribution in [0.3, 0.4) is 0 Å². The second kappa shape index (κ2) is 53.8. The van der Waals surface area contributed by atoms with Crippen molar-refractivity contribution < 1.29 is 170 Å². The van der Waals surface area contributed by atoms with Gasteiger partial charge in [0.15, 0.2) is 18.8 Å². The molecule has 6 aliphatic rings. The fourth-order valence-electron chi connectivity index (χ4n) is 15.1. The predicted molar refractivity (Wildman–Crippen MR) is 471 cm³/mol. The summed E-state index contributed by atoms with van der Waals surface area (Å²) in [5.74, 6) is -5.34. The molecular formula is C87H120FN11O34S2. The molecule has 746 valence electrons. The van der Waals surface area contributed by atoms with E-state index in [1.807, 2.05) is 48.5 Å². The van der Waals surface area contributed by atoms with Gasteiger partial charge in [0.05, 0.1) is 108 Å². The normalized spacial score (nSPS) is 25.8. The first-order valence-corrected chi connectivity index (χ1v) is 46.2. The van der Waals surface area contributed by atoms with Crippen LogP contribution >= 0.6 is 23.5 Å². The number of unbranched alkanes of at least 4 members (excludes halogenated alkanes) is 2. The Kier molecular flexibility index (Phi) is 43.4. The number of para-hydroxylation sites is 1. The molecule has 0 saturated carbocycles. The number of aliphatic hydroxyl groups is 11. The van der Waals surface area contributed by atoms with Crippen LogP contribution in [0.5, 0.6) is 0 Å². The first-order valence-electron chi connectivity index (χ1n) is 44.1. The van der Waals surface area contributed by atoms with Gasteiger partial charge in [-0.05, 0) is 73.1 Å². The number of imide groups is 2. The SMILES string of the molecule is COC(=O)C1(O)O[C@@H]([C@H](O)[C@H](O)CO)[C@H](NC(=O)OCc2ccc(NC(=O)C(CCCNC(N)=O)NC(=O)C(NC(=O)CCCCCN3C(=O)CC(SC[C@H]4O[C@@H](O)[C@H](O)[C@@H](O)[C@@H]4O[C@@H]4O[C@H](CSC5CC(=O)N(CCC(=O)NCCOCCOCCOCCOCCNC(=O)CCC(=O)N6Cc7ccccc7C#Cc7ccccc76)C5=O)[C@@H](O)[C@H](O)[C@H]4O)C3=O)C(C)C)cc2)[C@@H](O)[C@H]1F. The van der Waals surface area contributed by atoms with E-state index in [-0.39, 0.29) is 184 Å². The molecule has 5 unspecified atom stereocenters. The zero-order valence-corrected chi connectivity index (χ0v) is 76.1. The molecular weight excluding hydrogens is 1830 g/mol.